The molecule has 0 bridgehead atoms. The van der Waals surface area contributed by atoms with E-state index in [1.807, 2.05) is 6.08 Å². The summed E-state index contributed by atoms with van der Waals surface area (Å²) in [6.45, 7) is 2.13. The zero-order valence-electron chi connectivity index (χ0n) is 6.47. The van der Waals surface area contributed by atoms with Crippen LogP contribution in [0, 0.1) is 5.92 Å². The van der Waals surface area contributed by atoms with Gasteiger partial charge in [-0.15, -0.1) is 0 Å². The summed E-state index contributed by atoms with van der Waals surface area (Å²) in [6.07, 6.45) is 8.09. The summed E-state index contributed by atoms with van der Waals surface area (Å²) >= 11 is 0. The maximum absolute atomic E-state index is 11.1. The minimum absolute atomic E-state index is 0.341. The van der Waals surface area contributed by atoms with Crippen LogP contribution < -0.4 is 0 Å². The van der Waals surface area contributed by atoms with Gasteiger partial charge in [0.2, 0.25) is 0 Å². The van der Waals surface area contributed by atoms with Crippen LogP contribution >= 0.6 is 0 Å². The Morgan fingerprint density at radius 1 is 1.70 bits per heavy atom. The molecule has 0 aromatic rings. The quantitative estimate of drug-likeness (QED) is 0.572. The van der Waals surface area contributed by atoms with Crippen molar-refractivity contribution in [3.05, 3.63) is 12.2 Å². The van der Waals surface area contributed by atoms with Crippen molar-refractivity contribution in [2.45, 2.75) is 32.6 Å². The summed E-state index contributed by atoms with van der Waals surface area (Å²) < 4.78 is 0. The van der Waals surface area contributed by atoms with Gasteiger partial charge in [-0.25, -0.2) is 0 Å². The largest absolute Gasteiger partial charge is 0.295 e. The molecule has 0 N–H and O–H groups in total. The van der Waals surface area contributed by atoms with E-state index in [-0.39, 0.29) is 0 Å². The predicted molar refractivity (Wildman–Crippen MR) is 41.8 cm³/mol. The molecule has 1 rings (SSSR count). The fourth-order valence-corrected chi connectivity index (χ4v) is 1.41. The molecule has 0 saturated carbocycles. The van der Waals surface area contributed by atoms with E-state index in [9.17, 15) is 4.79 Å². The summed E-state index contributed by atoms with van der Waals surface area (Å²) in [6, 6.07) is 0. The number of carbonyl (C=O) groups excluding carboxylic acids is 1. The molecule has 1 unspecified atom stereocenters. The van der Waals surface area contributed by atoms with E-state index in [2.05, 4.69) is 6.92 Å². The van der Waals surface area contributed by atoms with E-state index in [0.29, 0.717) is 11.7 Å². The van der Waals surface area contributed by atoms with E-state index in [1.165, 1.54) is 0 Å². The molecule has 0 fully saturated rings. The first kappa shape index (κ1) is 7.52. The van der Waals surface area contributed by atoms with E-state index in [4.69, 9.17) is 0 Å². The van der Waals surface area contributed by atoms with Crippen LogP contribution in [0.3, 0.4) is 0 Å². The fourth-order valence-electron chi connectivity index (χ4n) is 1.41. The van der Waals surface area contributed by atoms with E-state index in [0.717, 1.165) is 25.7 Å². The van der Waals surface area contributed by atoms with Crippen LogP contribution in [0.1, 0.15) is 32.6 Å². The number of ketones is 1. The van der Waals surface area contributed by atoms with Gasteiger partial charge in [0, 0.05) is 5.92 Å². The normalized spacial score (nSPS) is 25.3. The maximum Gasteiger partial charge on any atom is 0.158 e. The Morgan fingerprint density at radius 3 is 3.10 bits per heavy atom. The van der Waals surface area contributed by atoms with Gasteiger partial charge in [-0.1, -0.05) is 19.4 Å². The van der Waals surface area contributed by atoms with E-state index >= 15 is 0 Å². The first-order valence-electron chi connectivity index (χ1n) is 4.05. The van der Waals surface area contributed by atoms with Crippen molar-refractivity contribution in [1.82, 2.24) is 0 Å². The molecular formula is C9H14O. The molecule has 0 aliphatic heterocycles. The molecule has 1 nitrogen and oxygen atoms in total. The van der Waals surface area contributed by atoms with Crippen LogP contribution in [-0.2, 0) is 4.79 Å². The molecular weight excluding hydrogens is 124 g/mol. The van der Waals surface area contributed by atoms with Crippen molar-refractivity contribution in [2.75, 3.05) is 0 Å². The highest BCUT2D eigenvalue weighted by molar-refractivity contribution is 5.92. The van der Waals surface area contributed by atoms with Crippen LogP contribution in [0.2, 0.25) is 0 Å². The lowest BCUT2D eigenvalue weighted by molar-refractivity contribution is -0.118. The molecule has 1 aliphatic carbocycles. The smallest absolute Gasteiger partial charge is 0.158 e. The fraction of sp³-hybridized carbons (Fsp3) is 0.667. The highest BCUT2D eigenvalue weighted by Gasteiger charge is 2.16. The van der Waals surface area contributed by atoms with Crippen LogP contribution in [0.5, 0.6) is 0 Å². The van der Waals surface area contributed by atoms with Gasteiger partial charge in [-0.05, 0) is 25.3 Å². The number of rotatable bonds is 2. The highest BCUT2D eigenvalue weighted by Crippen LogP contribution is 2.19. The Labute approximate surface area is 62.1 Å². The summed E-state index contributed by atoms with van der Waals surface area (Å²) in [7, 11) is 0. The average Bonchev–Trinajstić information content (AvgIpc) is 1.94. The average molecular weight is 138 g/mol. The Balaban J connectivity index is 2.44. The first-order chi connectivity index (χ1) is 4.84. The van der Waals surface area contributed by atoms with Crippen molar-refractivity contribution in [3.8, 4) is 0 Å². The minimum Gasteiger partial charge on any atom is -0.295 e. The van der Waals surface area contributed by atoms with Gasteiger partial charge >= 0.3 is 0 Å². The maximum atomic E-state index is 11.1. The summed E-state index contributed by atoms with van der Waals surface area (Å²) in [5, 5.41) is 0. The third kappa shape index (κ3) is 1.69. The van der Waals surface area contributed by atoms with Crippen LogP contribution in [0.25, 0.3) is 0 Å². The summed E-state index contributed by atoms with van der Waals surface area (Å²) in [4.78, 5) is 11.1. The Bertz CT molecular complexity index is 147. The van der Waals surface area contributed by atoms with Crippen molar-refractivity contribution in [2.24, 2.45) is 5.92 Å². The van der Waals surface area contributed by atoms with Gasteiger partial charge in [-0.3, -0.25) is 4.79 Å². The molecule has 56 valence electrons. The molecule has 1 aliphatic rings. The van der Waals surface area contributed by atoms with E-state index < -0.39 is 0 Å². The number of carbonyl (C=O) groups is 1. The van der Waals surface area contributed by atoms with Crippen molar-refractivity contribution in [1.29, 1.82) is 0 Å². The van der Waals surface area contributed by atoms with Gasteiger partial charge in [0.05, 0.1) is 0 Å². The molecule has 10 heavy (non-hydrogen) atoms. The number of hydrogen-bond acceptors (Lipinski definition) is 1. The number of allylic oxidation sites excluding steroid dienone is 2. The molecule has 0 amide bonds. The monoisotopic (exact) mass is 138 g/mol. The highest BCUT2D eigenvalue weighted by atomic mass is 16.1. The zero-order chi connectivity index (χ0) is 7.40. The lowest BCUT2D eigenvalue weighted by atomic mass is 9.89. The van der Waals surface area contributed by atoms with Crippen molar-refractivity contribution < 1.29 is 4.79 Å². The lowest BCUT2D eigenvalue weighted by Crippen LogP contribution is -2.14. The third-order valence-corrected chi connectivity index (χ3v) is 2.00. The molecule has 0 spiro atoms. The van der Waals surface area contributed by atoms with Gasteiger partial charge in [0.25, 0.3) is 0 Å². The molecule has 0 aromatic heterocycles. The van der Waals surface area contributed by atoms with Gasteiger partial charge in [0.1, 0.15) is 0 Å². The second kappa shape index (κ2) is 3.55. The molecule has 1 heteroatoms. The molecule has 0 aromatic carbocycles. The summed E-state index contributed by atoms with van der Waals surface area (Å²) in [5.41, 5.74) is 0. The van der Waals surface area contributed by atoms with Crippen LogP contribution in [-0.4, -0.2) is 5.78 Å². The molecule has 1 atom stereocenters. The van der Waals surface area contributed by atoms with Gasteiger partial charge in [0.15, 0.2) is 5.78 Å². The summed E-state index contributed by atoms with van der Waals surface area (Å²) in [5.74, 6) is 0.683. The van der Waals surface area contributed by atoms with E-state index in [1.54, 1.807) is 6.08 Å². The standard InChI is InChI=1S/C9H14O/c1-2-5-8-6-3-4-7-9(8)10/h4,7-8H,2-3,5-6H2,1H3. The number of hydrogen-bond donors (Lipinski definition) is 0. The van der Waals surface area contributed by atoms with Gasteiger partial charge < -0.3 is 0 Å². The lowest BCUT2D eigenvalue weighted by Gasteiger charge is -2.14. The second-order valence-electron chi connectivity index (χ2n) is 2.87. The predicted octanol–water partition coefficient (Wildman–Crippen LogP) is 2.32. The first-order valence-corrected chi connectivity index (χ1v) is 4.05. The molecule has 0 saturated heterocycles. The van der Waals surface area contributed by atoms with Crippen LogP contribution in [0.4, 0.5) is 0 Å². The Kier molecular flexibility index (Phi) is 2.67. The molecule has 0 radical (unpaired) electrons. The third-order valence-electron chi connectivity index (χ3n) is 2.00. The topological polar surface area (TPSA) is 17.1 Å². The SMILES string of the molecule is CCCC1CCC=CC1=O. The van der Waals surface area contributed by atoms with Crippen molar-refractivity contribution in [3.63, 3.8) is 0 Å². The second-order valence-corrected chi connectivity index (χ2v) is 2.87. The van der Waals surface area contributed by atoms with Crippen molar-refractivity contribution >= 4 is 5.78 Å². The van der Waals surface area contributed by atoms with Gasteiger partial charge in [-0.2, -0.15) is 0 Å². The zero-order valence-corrected chi connectivity index (χ0v) is 6.47. The molecule has 0 heterocycles. The Morgan fingerprint density at radius 2 is 2.50 bits per heavy atom. The Hall–Kier alpha value is -0.590. The minimum atomic E-state index is 0.341. The van der Waals surface area contributed by atoms with Crippen LogP contribution in [0.15, 0.2) is 12.2 Å².